The van der Waals surface area contributed by atoms with E-state index in [1.54, 1.807) is 0 Å². The highest BCUT2D eigenvalue weighted by Crippen LogP contribution is 2.17. The van der Waals surface area contributed by atoms with Crippen LogP contribution < -0.4 is 5.32 Å². The second-order valence-corrected chi connectivity index (χ2v) is 5.83. The van der Waals surface area contributed by atoms with Crippen molar-refractivity contribution in [1.29, 1.82) is 0 Å². The average molecular weight is 264 g/mol. The Labute approximate surface area is 114 Å². The molecule has 0 aromatic carbocycles. The number of likely N-dealkylation sites (tertiary alicyclic amines) is 1. The maximum absolute atomic E-state index is 5.64. The zero-order valence-electron chi connectivity index (χ0n) is 11.7. The minimum atomic E-state index is 0.355. The molecule has 2 atom stereocenters. The number of piperidine rings is 1. The molecule has 2 saturated heterocycles. The van der Waals surface area contributed by atoms with Gasteiger partial charge in [-0.15, -0.1) is 0 Å². The van der Waals surface area contributed by atoms with Crippen molar-refractivity contribution in [2.45, 2.75) is 44.4 Å². The van der Waals surface area contributed by atoms with Crippen molar-refractivity contribution in [2.24, 2.45) is 0 Å². The summed E-state index contributed by atoms with van der Waals surface area (Å²) in [5.74, 6) is 0. The fourth-order valence-corrected chi connectivity index (χ4v) is 3.05. The molecule has 0 radical (unpaired) electrons. The number of anilines is 1. The van der Waals surface area contributed by atoms with Crippen LogP contribution in [0.2, 0.25) is 0 Å². The van der Waals surface area contributed by atoms with Gasteiger partial charge in [-0.3, -0.25) is 4.68 Å². The smallest absolute Gasteiger partial charge is 0.0771 e. The Bertz CT molecular complexity index is 400. The first-order valence-electron chi connectivity index (χ1n) is 7.39. The lowest BCUT2D eigenvalue weighted by Gasteiger charge is -2.30. The third-order valence-electron chi connectivity index (χ3n) is 4.04. The highest BCUT2D eigenvalue weighted by molar-refractivity contribution is 5.39. The maximum atomic E-state index is 5.64. The predicted molar refractivity (Wildman–Crippen MR) is 75.3 cm³/mol. The summed E-state index contributed by atoms with van der Waals surface area (Å²) >= 11 is 0. The van der Waals surface area contributed by atoms with Crippen LogP contribution in [0.4, 0.5) is 5.69 Å². The van der Waals surface area contributed by atoms with Crippen LogP contribution in [0.15, 0.2) is 12.4 Å². The van der Waals surface area contributed by atoms with Crippen LogP contribution >= 0.6 is 0 Å². The second-order valence-electron chi connectivity index (χ2n) is 5.83. The lowest BCUT2D eigenvalue weighted by Crippen LogP contribution is -2.39. The van der Waals surface area contributed by atoms with Crippen molar-refractivity contribution in [3.05, 3.63) is 12.4 Å². The molecule has 2 aliphatic heterocycles. The Balaban J connectivity index is 1.52. The van der Waals surface area contributed by atoms with E-state index in [4.69, 9.17) is 4.74 Å². The van der Waals surface area contributed by atoms with E-state index >= 15 is 0 Å². The maximum Gasteiger partial charge on any atom is 0.0771 e. The monoisotopic (exact) mass is 264 g/mol. The van der Waals surface area contributed by atoms with E-state index in [0.717, 1.165) is 31.8 Å². The van der Waals surface area contributed by atoms with Gasteiger partial charge >= 0.3 is 0 Å². The minimum absolute atomic E-state index is 0.355. The van der Waals surface area contributed by atoms with E-state index in [0.29, 0.717) is 12.1 Å². The van der Waals surface area contributed by atoms with Gasteiger partial charge in [0.2, 0.25) is 0 Å². The minimum Gasteiger partial charge on any atom is -0.378 e. The molecule has 2 unspecified atom stereocenters. The van der Waals surface area contributed by atoms with Gasteiger partial charge in [-0.05, 0) is 39.3 Å². The van der Waals surface area contributed by atoms with E-state index < -0.39 is 0 Å². The summed E-state index contributed by atoms with van der Waals surface area (Å²) < 4.78 is 7.65. The highest BCUT2D eigenvalue weighted by atomic mass is 16.5. The lowest BCUT2D eigenvalue weighted by molar-refractivity contribution is 0.0940. The molecular formula is C14H24N4O. The zero-order valence-corrected chi connectivity index (χ0v) is 11.7. The van der Waals surface area contributed by atoms with Crippen LogP contribution in [-0.4, -0.2) is 53.6 Å². The number of nitrogens with one attached hydrogen (secondary N) is 1. The SMILES string of the molecule is CN1CCCC(Nc2cnn(CC3CCCO3)c2)C1. The lowest BCUT2D eigenvalue weighted by atomic mass is 10.1. The van der Waals surface area contributed by atoms with Crippen LogP contribution in [0.1, 0.15) is 25.7 Å². The van der Waals surface area contributed by atoms with Crippen molar-refractivity contribution < 1.29 is 4.74 Å². The number of hydrogen-bond acceptors (Lipinski definition) is 4. The van der Waals surface area contributed by atoms with Gasteiger partial charge in [-0.2, -0.15) is 5.10 Å². The summed E-state index contributed by atoms with van der Waals surface area (Å²) in [6.45, 7) is 4.13. The van der Waals surface area contributed by atoms with Gasteiger partial charge in [-0.1, -0.05) is 0 Å². The van der Waals surface area contributed by atoms with Gasteiger partial charge < -0.3 is 15.0 Å². The quantitative estimate of drug-likeness (QED) is 0.896. The van der Waals surface area contributed by atoms with Gasteiger partial charge in [0.05, 0.1) is 24.5 Å². The molecule has 0 saturated carbocycles. The number of aromatic nitrogens is 2. The first kappa shape index (κ1) is 12.9. The summed E-state index contributed by atoms with van der Waals surface area (Å²) in [7, 11) is 2.19. The number of nitrogens with zero attached hydrogens (tertiary/aromatic N) is 3. The standard InChI is InChI=1S/C14H24N4O/c1-17-6-2-4-12(9-17)16-13-8-15-18(10-13)11-14-5-3-7-19-14/h8,10,12,14,16H,2-7,9,11H2,1H3. The number of likely N-dealkylation sites (N-methyl/N-ethyl adjacent to an activating group) is 1. The molecule has 1 aromatic heterocycles. The molecule has 3 rings (SSSR count). The van der Waals surface area contributed by atoms with Gasteiger partial charge in [0.25, 0.3) is 0 Å². The Hall–Kier alpha value is -1.07. The van der Waals surface area contributed by atoms with Gasteiger partial charge in [0.1, 0.15) is 0 Å². The van der Waals surface area contributed by atoms with Gasteiger partial charge in [0.15, 0.2) is 0 Å². The van der Waals surface area contributed by atoms with Gasteiger partial charge in [0, 0.05) is 25.4 Å². The predicted octanol–water partition coefficient (Wildman–Crippen LogP) is 1.57. The van der Waals surface area contributed by atoms with Gasteiger partial charge in [-0.25, -0.2) is 0 Å². The first-order chi connectivity index (χ1) is 9.29. The molecule has 2 fully saturated rings. The van der Waals surface area contributed by atoms with Crippen molar-refractivity contribution >= 4 is 5.69 Å². The molecule has 3 heterocycles. The van der Waals surface area contributed by atoms with Crippen molar-refractivity contribution in [3.8, 4) is 0 Å². The Morgan fingerprint density at radius 1 is 1.42 bits per heavy atom. The molecule has 0 spiro atoms. The highest BCUT2D eigenvalue weighted by Gasteiger charge is 2.18. The number of rotatable bonds is 4. The van der Waals surface area contributed by atoms with E-state index in [9.17, 15) is 0 Å². The fourth-order valence-electron chi connectivity index (χ4n) is 3.05. The molecule has 106 valence electrons. The summed E-state index contributed by atoms with van der Waals surface area (Å²) in [6, 6.07) is 0.555. The van der Waals surface area contributed by atoms with Crippen LogP contribution in [0, 0.1) is 0 Å². The fraction of sp³-hybridized carbons (Fsp3) is 0.786. The summed E-state index contributed by atoms with van der Waals surface area (Å²) in [5, 5.41) is 8.02. The molecule has 19 heavy (non-hydrogen) atoms. The van der Waals surface area contributed by atoms with Crippen molar-refractivity contribution in [3.63, 3.8) is 0 Å². The van der Waals surface area contributed by atoms with Crippen LogP contribution in [0.3, 0.4) is 0 Å². The summed E-state index contributed by atoms with van der Waals surface area (Å²) in [5.41, 5.74) is 1.14. The van der Waals surface area contributed by atoms with E-state index in [1.807, 2.05) is 10.9 Å². The molecule has 2 aliphatic rings. The molecule has 1 N–H and O–H groups in total. The molecule has 0 aliphatic carbocycles. The van der Waals surface area contributed by atoms with Crippen LogP contribution in [0.5, 0.6) is 0 Å². The van der Waals surface area contributed by atoms with E-state index in [-0.39, 0.29) is 0 Å². The summed E-state index contributed by atoms with van der Waals surface area (Å²) in [4.78, 5) is 2.39. The zero-order chi connectivity index (χ0) is 13.1. The molecule has 0 amide bonds. The molecule has 0 bridgehead atoms. The van der Waals surface area contributed by atoms with Crippen LogP contribution in [-0.2, 0) is 11.3 Å². The first-order valence-corrected chi connectivity index (χ1v) is 7.39. The number of ether oxygens (including phenoxy) is 1. The second kappa shape index (κ2) is 5.92. The normalized spacial score (nSPS) is 28.7. The van der Waals surface area contributed by atoms with Crippen LogP contribution in [0.25, 0.3) is 0 Å². The molecule has 5 heteroatoms. The third kappa shape index (κ3) is 3.48. The third-order valence-corrected chi connectivity index (χ3v) is 4.04. The average Bonchev–Trinajstić information content (AvgIpc) is 3.02. The van der Waals surface area contributed by atoms with Crippen molar-refractivity contribution in [1.82, 2.24) is 14.7 Å². The Morgan fingerprint density at radius 2 is 2.37 bits per heavy atom. The molecular weight excluding hydrogens is 240 g/mol. The number of hydrogen-bond donors (Lipinski definition) is 1. The summed E-state index contributed by atoms with van der Waals surface area (Å²) in [6.07, 6.45) is 9.27. The van der Waals surface area contributed by atoms with E-state index in [2.05, 4.69) is 28.6 Å². The van der Waals surface area contributed by atoms with E-state index in [1.165, 1.54) is 25.8 Å². The largest absolute Gasteiger partial charge is 0.378 e. The Kier molecular flexibility index (Phi) is 4.03. The molecule has 5 nitrogen and oxygen atoms in total. The Morgan fingerprint density at radius 3 is 3.16 bits per heavy atom. The van der Waals surface area contributed by atoms with Crippen molar-refractivity contribution in [2.75, 3.05) is 32.1 Å². The topological polar surface area (TPSA) is 42.3 Å². The molecule has 1 aromatic rings.